The van der Waals surface area contributed by atoms with Gasteiger partial charge in [0.2, 0.25) is 0 Å². The number of nitrogens with one attached hydrogen (secondary N) is 1. The highest BCUT2D eigenvalue weighted by Crippen LogP contribution is 2.17. The van der Waals surface area contributed by atoms with Gasteiger partial charge in [-0.05, 0) is 17.7 Å². The normalized spacial score (nSPS) is 12.2. The number of hydrogen-bond donors (Lipinski definition) is 3. The Bertz CT molecular complexity index is 398. The lowest BCUT2D eigenvalue weighted by Gasteiger charge is -2.09. The second-order valence-corrected chi connectivity index (χ2v) is 3.54. The Morgan fingerprint density at radius 1 is 1.65 bits per heavy atom. The Morgan fingerprint density at radius 3 is 2.88 bits per heavy atom. The number of carbonyl (C=O) groups is 1. The largest absolute Gasteiger partial charge is 0.494 e. The third-order valence-electron chi connectivity index (χ3n) is 2.23. The number of carboxylic acid groups (broad SMARTS) is 1. The molecule has 5 nitrogen and oxygen atoms in total. The fourth-order valence-electron chi connectivity index (χ4n) is 1.28. The van der Waals surface area contributed by atoms with Crippen LogP contribution in [0.1, 0.15) is 5.56 Å². The van der Waals surface area contributed by atoms with Crippen LogP contribution < -0.4 is 15.8 Å². The van der Waals surface area contributed by atoms with Gasteiger partial charge in [0, 0.05) is 13.1 Å². The summed E-state index contributed by atoms with van der Waals surface area (Å²) in [5, 5.41) is 11.4. The summed E-state index contributed by atoms with van der Waals surface area (Å²) < 4.78 is 18.1. The lowest BCUT2D eigenvalue weighted by Crippen LogP contribution is -2.40. The molecule has 0 saturated carbocycles. The van der Waals surface area contributed by atoms with Gasteiger partial charge in [-0.15, -0.1) is 0 Å². The fourth-order valence-corrected chi connectivity index (χ4v) is 1.28. The first-order valence-corrected chi connectivity index (χ1v) is 5.06. The smallest absolute Gasteiger partial charge is 0.321 e. The van der Waals surface area contributed by atoms with E-state index >= 15 is 0 Å². The van der Waals surface area contributed by atoms with E-state index in [1.54, 1.807) is 6.07 Å². The maximum atomic E-state index is 13.3. The first kappa shape index (κ1) is 13.4. The summed E-state index contributed by atoms with van der Waals surface area (Å²) in [6.07, 6.45) is 0. The number of rotatable bonds is 6. The molecule has 1 atom stereocenters. The highest BCUT2D eigenvalue weighted by Gasteiger charge is 2.10. The van der Waals surface area contributed by atoms with Gasteiger partial charge in [0.05, 0.1) is 7.11 Å². The summed E-state index contributed by atoms with van der Waals surface area (Å²) in [5.41, 5.74) is 6.00. The molecule has 0 aliphatic carbocycles. The molecule has 17 heavy (non-hydrogen) atoms. The second kappa shape index (κ2) is 6.17. The fraction of sp³-hybridized carbons (Fsp3) is 0.364. The molecular formula is C11H15FN2O3. The van der Waals surface area contributed by atoms with E-state index in [0.29, 0.717) is 12.1 Å². The van der Waals surface area contributed by atoms with Crippen molar-refractivity contribution >= 4 is 5.97 Å². The molecule has 0 bridgehead atoms. The van der Waals surface area contributed by atoms with Crippen molar-refractivity contribution in [2.45, 2.75) is 12.6 Å². The van der Waals surface area contributed by atoms with Crippen molar-refractivity contribution in [1.29, 1.82) is 0 Å². The number of carboxylic acids is 1. The predicted molar refractivity (Wildman–Crippen MR) is 60.3 cm³/mol. The zero-order valence-electron chi connectivity index (χ0n) is 9.44. The summed E-state index contributed by atoms with van der Waals surface area (Å²) >= 11 is 0. The molecule has 1 unspecified atom stereocenters. The van der Waals surface area contributed by atoms with E-state index in [4.69, 9.17) is 15.6 Å². The molecule has 0 fully saturated rings. The summed E-state index contributed by atoms with van der Waals surface area (Å²) in [4.78, 5) is 10.4. The molecule has 0 spiro atoms. The molecule has 0 aromatic heterocycles. The van der Waals surface area contributed by atoms with Crippen LogP contribution in [0.25, 0.3) is 0 Å². The van der Waals surface area contributed by atoms with E-state index in [9.17, 15) is 9.18 Å². The molecule has 0 aliphatic heterocycles. The maximum absolute atomic E-state index is 13.3. The average molecular weight is 242 g/mol. The van der Waals surface area contributed by atoms with Gasteiger partial charge in [-0.25, -0.2) is 4.39 Å². The zero-order valence-corrected chi connectivity index (χ0v) is 9.44. The monoisotopic (exact) mass is 242 g/mol. The van der Waals surface area contributed by atoms with Crippen molar-refractivity contribution < 1.29 is 19.0 Å². The Kier molecular flexibility index (Phi) is 4.86. The first-order chi connectivity index (χ1) is 8.04. The second-order valence-electron chi connectivity index (χ2n) is 3.54. The van der Waals surface area contributed by atoms with Crippen LogP contribution in [0, 0.1) is 5.82 Å². The Morgan fingerprint density at radius 2 is 2.35 bits per heavy atom. The van der Waals surface area contributed by atoms with E-state index in [1.165, 1.54) is 19.2 Å². The molecule has 4 N–H and O–H groups in total. The van der Waals surface area contributed by atoms with Crippen LogP contribution in [0.3, 0.4) is 0 Å². The van der Waals surface area contributed by atoms with Gasteiger partial charge in [0.1, 0.15) is 6.04 Å². The standard InChI is InChI=1S/C11H15FN2O3/c1-17-10-3-2-7(4-8(10)12)5-14-6-9(13)11(15)16/h2-4,9,14H,5-6,13H2,1H3,(H,15,16). The Balaban J connectivity index is 2.47. The van der Waals surface area contributed by atoms with Crippen LogP contribution in [0.5, 0.6) is 5.75 Å². The zero-order chi connectivity index (χ0) is 12.8. The number of ether oxygens (including phenoxy) is 1. The molecule has 1 aromatic carbocycles. The number of methoxy groups -OCH3 is 1. The van der Waals surface area contributed by atoms with Crippen molar-refractivity contribution in [3.63, 3.8) is 0 Å². The number of benzene rings is 1. The van der Waals surface area contributed by atoms with Crippen LogP contribution in [0.2, 0.25) is 0 Å². The van der Waals surface area contributed by atoms with E-state index < -0.39 is 17.8 Å². The van der Waals surface area contributed by atoms with Gasteiger partial charge in [0.25, 0.3) is 0 Å². The van der Waals surface area contributed by atoms with Gasteiger partial charge < -0.3 is 20.9 Å². The van der Waals surface area contributed by atoms with Crippen molar-refractivity contribution in [3.8, 4) is 5.75 Å². The number of nitrogens with two attached hydrogens (primary N) is 1. The number of hydrogen-bond acceptors (Lipinski definition) is 4. The molecule has 0 amide bonds. The topological polar surface area (TPSA) is 84.6 Å². The van der Waals surface area contributed by atoms with Crippen molar-refractivity contribution in [2.75, 3.05) is 13.7 Å². The SMILES string of the molecule is COc1ccc(CNCC(N)C(=O)O)cc1F. The first-order valence-electron chi connectivity index (χ1n) is 5.06. The maximum Gasteiger partial charge on any atom is 0.321 e. The summed E-state index contributed by atoms with van der Waals surface area (Å²) in [5.74, 6) is -1.34. The molecule has 0 saturated heterocycles. The lowest BCUT2D eigenvalue weighted by atomic mass is 10.2. The highest BCUT2D eigenvalue weighted by atomic mass is 19.1. The van der Waals surface area contributed by atoms with Crippen LogP contribution in [-0.4, -0.2) is 30.8 Å². The van der Waals surface area contributed by atoms with Crippen LogP contribution in [-0.2, 0) is 11.3 Å². The van der Waals surface area contributed by atoms with Crippen LogP contribution in [0.15, 0.2) is 18.2 Å². The quantitative estimate of drug-likeness (QED) is 0.669. The molecule has 0 heterocycles. The van der Waals surface area contributed by atoms with Crippen LogP contribution in [0.4, 0.5) is 4.39 Å². The predicted octanol–water partition coefficient (Wildman–Crippen LogP) is 0.336. The lowest BCUT2D eigenvalue weighted by molar-refractivity contribution is -0.138. The third kappa shape index (κ3) is 4.01. The molecule has 1 rings (SSSR count). The minimum absolute atomic E-state index is 0.128. The summed E-state index contributed by atoms with van der Waals surface area (Å²) in [6, 6.07) is 3.58. The van der Waals surface area contributed by atoms with Crippen LogP contribution >= 0.6 is 0 Å². The summed E-state index contributed by atoms with van der Waals surface area (Å²) in [6.45, 7) is 0.477. The van der Waals surface area contributed by atoms with E-state index in [1.807, 2.05) is 0 Å². The highest BCUT2D eigenvalue weighted by molar-refractivity contribution is 5.73. The van der Waals surface area contributed by atoms with Crippen molar-refractivity contribution in [1.82, 2.24) is 5.32 Å². The van der Waals surface area contributed by atoms with Gasteiger partial charge in [-0.1, -0.05) is 6.07 Å². The molecule has 1 aromatic rings. The molecule has 94 valence electrons. The van der Waals surface area contributed by atoms with Crippen molar-refractivity contribution in [2.24, 2.45) is 5.73 Å². The minimum Gasteiger partial charge on any atom is -0.494 e. The number of halogens is 1. The van der Waals surface area contributed by atoms with Crippen molar-refractivity contribution in [3.05, 3.63) is 29.6 Å². The molecular weight excluding hydrogens is 227 g/mol. The number of aliphatic carboxylic acids is 1. The molecule has 0 radical (unpaired) electrons. The van der Waals surface area contributed by atoms with Gasteiger partial charge in [0.15, 0.2) is 11.6 Å². The van der Waals surface area contributed by atoms with Gasteiger partial charge >= 0.3 is 5.97 Å². The molecule has 0 aliphatic rings. The van der Waals surface area contributed by atoms with E-state index in [2.05, 4.69) is 5.32 Å². The van der Waals surface area contributed by atoms with Gasteiger partial charge in [-0.3, -0.25) is 4.79 Å². The third-order valence-corrected chi connectivity index (χ3v) is 2.23. The van der Waals surface area contributed by atoms with E-state index in [-0.39, 0.29) is 12.3 Å². The van der Waals surface area contributed by atoms with E-state index in [0.717, 1.165) is 0 Å². The average Bonchev–Trinajstić information content (AvgIpc) is 2.29. The minimum atomic E-state index is -1.07. The summed E-state index contributed by atoms with van der Waals surface area (Å²) in [7, 11) is 1.39. The van der Waals surface area contributed by atoms with Gasteiger partial charge in [-0.2, -0.15) is 0 Å². The Labute approximate surface area is 98.4 Å². The Hall–Kier alpha value is -1.66. The molecule has 6 heteroatoms.